The van der Waals surface area contributed by atoms with E-state index >= 15 is 0 Å². The van der Waals surface area contributed by atoms with E-state index in [9.17, 15) is 29.1 Å². The van der Waals surface area contributed by atoms with Crippen molar-refractivity contribution < 1.29 is 29.1 Å². The Hall–Kier alpha value is -3.47. The van der Waals surface area contributed by atoms with Crippen LogP contribution in [0, 0.1) is 0 Å². The minimum atomic E-state index is -1.22. The summed E-state index contributed by atoms with van der Waals surface area (Å²) in [6.45, 7) is 1.00. The fraction of sp³-hybridized carbons (Fsp3) is 0.421. The maximum Gasteiger partial charge on any atom is 0.326 e. The third kappa shape index (κ3) is 8.69. The molecule has 164 valence electrons. The van der Waals surface area contributed by atoms with Crippen LogP contribution in [0.5, 0.6) is 0 Å². The van der Waals surface area contributed by atoms with Crippen molar-refractivity contribution in [1.29, 1.82) is 0 Å². The summed E-state index contributed by atoms with van der Waals surface area (Å²) in [6, 6.07) is 5.34. The van der Waals surface area contributed by atoms with Crippen LogP contribution in [0.4, 0.5) is 0 Å². The van der Waals surface area contributed by atoms with E-state index in [0.29, 0.717) is 0 Å². The van der Waals surface area contributed by atoms with Gasteiger partial charge in [0.25, 0.3) is 0 Å². The van der Waals surface area contributed by atoms with Gasteiger partial charge in [-0.15, -0.1) is 0 Å². The van der Waals surface area contributed by atoms with Crippen LogP contribution in [0.1, 0.15) is 25.3 Å². The zero-order valence-electron chi connectivity index (χ0n) is 16.6. The second-order valence-electron chi connectivity index (χ2n) is 6.65. The molecule has 3 atom stereocenters. The summed E-state index contributed by atoms with van der Waals surface area (Å²) in [5.74, 6) is -3.95. The lowest BCUT2D eigenvalue weighted by molar-refractivity contribution is -0.142. The molecule has 1 rings (SSSR count). The van der Waals surface area contributed by atoms with Gasteiger partial charge in [-0.3, -0.25) is 19.2 Å². The monoisotopic (exact) mass is 421 g/mol. The lowest BCUT2D eigenvalue weighted by Crippen LogP contribution is -2.55. The number of primary amides is 1. The quantitative estimate of drug-likeness (QED) is 0.225. The van der Waals surface area contributed by atoms with Crippen molar-refractivity contribution in [2.75, 3.05) is 6.54 Å². The average molecular weight is 421 g/mol. The first-order chi connectivity index (χ1) is 14.1. The van der Waals surface area contributed by atoms with Crippen LogP contribution in [0.3, 0.4) is 0 Å². The maximum absolute atomic E-state index is 12.4. The van der Waals surface area contributed by atoms with Crippen molar-refractivity contribution in [3.05, 3.63) is 35.9 Å². The summed E-state index contributed by atoms with van der Waals surface area (Å²) in [7, 11) is 0. The van der Waals surface area contributed by atoms with Crippen LogP contribution in [0.25, 0.3) is 0 Å². The van der Waals surface area contributed by atoms with Crippen LogP contribution < -0.4 is 27.4 Å². The number of nitrogens with one attached hydrogen (secondary N) is 3. The number of rotatable bonds is 12. The van der Waals surface area contributed by atoms with E-state index in [1.165, 1.54) is 6.92 Å². The second kappa shape index (κ2) is 12.2. The smallest absolute Gasteiger partial charge is 0.326 e. The van der Waals surface area contributed by atoms with Crippen molar-refractivity contribution in [2.45, 2.75) is 44.3 Å². The number of carboxylic acids is 1. The summed E-state index contributed by atoms with van der Waals surface area (Å²) in [5.41, 5.74) is 11.0. The predicted octanol–water partition coefficient (Wildman–Crippen LogP) is -1.99. The molecule has 0 aliphatic heterocycles. The Kier molecular flexibility index (Phi) is 9.97. The Balaban J connectivity index is 2.73. The number of hydrogen-bond acceptors (Lipinski definition) is 6. The summed E-state index contributed by atoms with van der Waals surface area (Å²) < 4.78 is 0. The molecule has 30 heavy (non-hydrogen) atoms. The highest BCUT2D eigenvalue weighted by Crippen LogP contribution is 2.04. The van der Waals surface area contributed by atoms with Crippen molar-refractivity contribution in [2.24, 2.45) is 11.5 Å². The molecule has 0 heterocycles. The standard InChI is InChI=1S/C19H27N5O6/c1-11(22-18(28)13(7-8-15(21)25)23-16(26)10-20)17(27)24-14(19(29)30)9-12-5-3-2-4-6-12/h2-6,11,13-14H,7-10,20H2,1H3,(H2,21,25)(H,22,28)(H,23,26)(H,24,27)(H,29,30). The molecule has 0 aliphatic rings. The van der Waals surface area contributed by atoms with Gasteiger partial charge in [-0.05, 0) is 18.9 Å². The van der Waals surface area contributed by atoms with Crippen LogP contribution in [0.2, 0.25) is 0 Å². The fourth-order valence-electron chi connectivity index (χ4n) is 2.53. The zero-order valence-corrected chi connectivity index (χ0v) is 16.6. The van der Waals surface area contributed by atoms with Crippen molar-refractivity contribution in [1.82, 2.24) is 16.0 Å². The van der Waals surface area contributed by atoms with E-state index in [-0.39, 0.29) is 25.8 Å². The average Bonchev–Trinajstić information content (AvgIpc) is 2.70. The number of aliphatic carboxylic acids is 1. The molecule has 11 heteroatoms. The molecular weight excluding hydrogens is 394 g/mol. The number of hydrogen-bond donors (Lipinski definition) is 6. The summed E-state index contributed by atoms with van der Waals surface area (Å²) in [4.78, 5) is 58.8. The highest BCUT2D eigenvalue weighted by Gasteiger charge is 2.27. The first kappa shape index (κ1) is 24.6. The molecule has 1 aromatic carbocycles. The molecule has 0 saturated carbocycles. The van der Waals surface area contributed by atoms with Gasteiger partial charge >= 0.3 is 5.97 Å². The fourth-order valence-corrected chi connectivity index (χ4v) is 2.53. The number of carbonyl (C=O) groups excluding carboxylic acids is 4. The number of nitrogens with two attached hydrogens (primary N) is 2. The first-order valence-corrected chi connectivity index (χ1v) is 9.29. The molecule has 0 spiro atoms. The van der Waals surface area contributed by atoms with E-state index < -0.39 is 47.7 Å². The number of benzene rings is 1. The van der Waals surface area contributed by atoms with E-state index in [4.69, 9.17) is 11.5 Å². The van der Waals surface area contributed by atoms with E-state index in [2.05, 4.69) is 16.0 Å². The second-order valence-corrected chi connectivity index (χ2v) is 6.65. The van der Waals surface area contributed by atoms with Crippen molar-refractivity contribution >= 4 is 29.6 Å². The maximum atomic E-state index is 12.4. The molecule has 0 aromatic heterocycles. The van der Waals surface area contributed by atoms with Crippen LogP contribution in [-0.4, -0.2) is 59.4 Å². The minimum Gasteiger partial charge on any atom is -0.480 e. The number of carbonyl (C=O) groups is 5. The van der Waals surface area contributed by atoms with Crippen molar-refractivity contribution in [3.63, 3.8) is 0 Å². The van der Waals surface area contributed by atoms with E-state index in [1.807, 2.05) is 0 Å². The molecule has 0 fully saturated rings. The first-order valence-electron chi connectivity index (χ1n) is 9.29. The Bertz CT molecular complexity index is 770. The molecule has 1 aromatic rings. The van der Waals surface area contributed by atoms with Gasteiger partial charge in [-0.25, -0.2) is 4.79 Å². The molecule has 4 amide bonds. The van der Waals surface area contributed by atoms with Gasteiger partial charge in [0, 0.05) is 12.8 Å². The lowest BCUT2D eigenvalue weighted by atomic mass is 10.1. The molecule has 0 saturated heterocycles. The summed E-state index contributed by atoms with van der Waals surface area (Å²) >= 11 is 0. The SMILES string of the molecule is CC(NC(=O)C(CCC(N)=O)NC(=O)CN)C(=O)NC(Cc1ccccc1)C(=O)O. The van der Waals surface area contributed by atoms with Gasteiger partial charge in [-0.1, -0.05) is 30.3 Å². The van der Waals surface area contributed by atoms with Crippen molar-refractivity contribution in [3.8, 4) is 0 Å². The molecule has 0 bridgehead atoms. The molecular formula is C19H27N5O6. The normalized spacial score (nSPS) is 13.4. The van der Waals surface area contributed by atoms with E-state index in [1.54, 1.807) is 30.3 Å². The lowest BCUT2D eigenvalue weighted by Gasteiger charge is -2.22. The Labute approximate surface area is 173 Å². The summed E-state index contributed by atoms with van der Waals surface area (Å²) in [6.07, 6.45) is -0.176. The molecule has 0 radical (unpaired) electrons. The summed E-state index contributed by atoms with van der Waals surface area (Å²) in [5, 5.41) is 16.5. The molecule has 0 aliphatic carbocycles. The Morgan fingerprint density at radius 3 is 2.13 bits per heavy atom. The van der Waals surface area contributed by atoms with Gasteiger partial charge in [-0.2, -0.15) is 0 Å². The number of carboxylic acid groups (broad SMARTS) is 1. The van der Waals surface area contributed by atoms with Crippen LogP contribution >= 0.6 is 0 Å². The zero-order chi connectivity index (χ0) is 22.7. The highest BCUT2D eigenvalue weighted by molar-refractivity contribution is 5.93. The largest absolute Gasteiger partial charge is 0.480 e. The van der Waals surface area contributed by atoms with Gasteiger partial charge < -0.3 is 32.5 Å². The van der Waals surface area contributed by atoms with Gasteiger partial charge in [0.1, 0.15) is 18.1 Å². The molecule has 8 N–H and O–H groups in total. The topological polar surface area (TPSA) is 194 Å². The Morgan fingerprint density at radius 1 is 0.967 bits per heavy atom. The van der Waals surface area contributed by atoms with Gasteiger partial charge in [0.05, 0.1) is 6.54 Å². The van der Waals surface area contributed by atoms with Crippen LogP contribution in [0.15, 0.2) is 30.3 Å². The minimum absolute atomic E-state index is 0.0658. The van der Waals surface area contributed by atoms with Gasteiger partial charge in [0.15, 0.2) is 0 Å². The predicted molar refractivity (Wildman–Crippen MR) is 107 cm³/mol. The third-order valence-electron chi connectivity index (χ3n) is 4.17. The third-order valence-corrected chi connectivity index (χ3v) is 4.17. The van der Waals surface area contributed by atoms with E-state index in [0.717, 1.165) is 5.56 Å². The Morgan fingerprint density at radius 2 is 1.60 bits per heavy atom. The molecule has 3 unspecified atom stereocenters. The highest BCUT2D eigenvalue weighted by atomic mass is 16.4. The van der Waals surface area contributed by atoms with Gasteiger partial charge in [0.2, 0.25) is 23.6 Å². The molecule has 11 nitrogen and oxygen atoms in total. The number of amides is 4. The van der Waals surface area contributed by atoms with Crippen LogP contribution in [-0.2, 0) is 30.4 Å².